The van der Waals surface area contributed by atoms with Crippen LogP contribution < -0.4 is 11.3 Å². The molecule has 1 saturated carbocycles. The van der Waals surface area contributed by atoms with Crippen molar-refractivity contribution in [1.82, 2.24) is 14.5 Å². The summed E-state index contributed by atoms with van der Waals surface area (Å²) in [6.07, 6.45) is 8.17. The van der Waals surface area contributed by atoms with Gasteiger partial charge in [0.1, 0.15) is 11.5 Å². The first-order chi connectivity index (χ1) is 16.4. The van der Waals surface area contributed by atoms with Gasteiger partial charge in [-0.05, 0) is 70.6 Å². The molecule has 0 radical (unpaired) electrons. The minimum absolute atomic E-state index is 0.0116. The molecular weight excluding hydrogens is 422 g/mol. The second kappa shape index (κ2) is 9.34. The highest BCUT2D eigenvalue weighted by Gasteiger charge is 2.34. The van der Waals surface area contributed by atoms with Crippen LogP contribution in [0.2, 0.25) is 0 Å². The maximum atomic E-state index is 13.9. The van der Waals surface area contributed by atoms with Gasteiger partial charge in [-0.3, -0.25) is 15.1 Å². The minimum atomic E-state index is -0.0532. The molecule has 1 aliphatic heterocycles. The lowest BCUT2D eigenvalue weighted by molar-refractivity contribution is 0.0308. The van der Waals surface area contributed by atoms with Crippen molar-refractivity contribution in [2.24, 2.45) is 5.73 Å². The van der Waals surface area contributed by atoms with Crippen molar-refractivity contribution >= 4 is 16.9 Å². The number of fused-ring (bicyclic) bond motifs is 1. The number of hydrogen-bond donors (Lipinski definition) is 2. The number of nitrogens with one attached hydrogen (secondary N) is 1. The van der Waals surface area contributed by atoms with E-state index in [2.05, 4.69) is 18.7 Å². The number of piperidine rings is 1. The maximum Gasteiger partial charge on any atom is 0.277 e. The standard InChI is InChI=1S/C28H35N5O/c1-18-7-5-8-19(2)32(18)22-13-15-23(16-14-22)33-25-12-4-3-11-24(25)31-26(28(33)34)20-9-6-10-21(17-20)27(29)30/h3-4,6,9-12,17-19,22-23H,5,7-8,13-16H2,1-2H3,(H3,29,30)/t18-,19?,22?,23?/m0/s1. The number of amidine groups is 1. The van der Waals surface area contributed by atoms with Crippen LogP contribution in [0, 0.1) is 5.41 Å². The van der Waals surface area contributed by atoms with Gasteiger partial charge in [-0.15, -0.1) is 0 Å². The molecule has 2 heterocycles. The summed E-state index contributed by atoms with van der Waals surface area (Å²) in [5.74, 6) is -0.0116. The summed E-state index contributed by atoms with van der Waals surface area (Å²) in [7, 11) is 0. The van der Waals surface area contributed by atoms with Crippen LogP contribution in [-0.4, -0.2) is 38.4 Å². The average Bonchev–Trinajstić information content (AvgIpc) is 2.84. The van der Waals surface area contributed by atoms with E-state index in [1.54, 1.807) is 12.1 Å². The highest BCUT2D eigenvalue weighted by atomic mass is 16.1. The van der Waals surface area contributed by atoms with Crippen LogP contribution in [0.3, 0.4) is 0 Å². The molecule has 2 fully saturated rings. The molecule has 0 spiro atoms. The maximum absolute atomic E-state index is 13.9. The Hall–Kier alpha value is -2.99. The fourth-order valence-corrected chi connectivity index (χ4v) is 6.31. The molecule has 1 aliphatic carbocycles. The predicted octanol–water partition coefficient (Wildman–Crippen LogP) is 5.09. The fraction of sp³-hybridized carbons (Fsp3) is 0.464. The van der Waals surface area contributed by atoms with E-state index in [-0.39, 0.29) is 17.4 Å². The van der Waals surface area contributed by atoms with Gasteiger partial charge in [0.15, 0.2) is 0 Å². The van der Waals surface area contributed by atoms with Crippen LogP contribution in [0.25, 0.3) is 22.3 Å². The van der Waals surface area contributed by atoms with E-state index in [1.807, 2.05) is 41.0 Å². The Kier molecular flexibility index (Phi) is 6.26. The van der Waals surface area contributed by atoms with Crippen LogP contribution >= 0.6 is 0 Å². The lowest BCUT2D eigenvalue weighted by Crippen LogP contribution is -2.51. The van der Waals surface area contributed by atoms with Gasteiger partial charge in [0.2, 0.25) is 0 Å². The average molecular weight is 458 g/mol. The minimum Gasteiger partial charge on any atom is -0.384 e. The number of nitrogens with two attached hydrogens (primary N) is 1. The SMILES string of the molecule is CC1CCC[C@H](C)N1C1CCC(n2c(=O)c(-c3cccc(C(=N)N)c3)nc3ccccc32)CC1. The Balaban J connectivity index is 1.50. The predicted molar refractivity (Wildman–Crippen MR) is 138 cm³/mol. The molecule has 178 valence electrons. The Morgan fingerprint density at radius 1 is 0.941 bits per heavy atom. The van der Waals surface area contributed by atoms with Crippen molar-refractivity contribution in [2.45, 2.75) is 83.0 Å². The first kappa shape index (κ1) is 22.8. The van der Waals surface area contributed by atoms with Gasteiger partial charge in [-0.2, -0.15) is 0 Å². The summed E-state index contributed by atoms with van der Waals surface area (Å²) in [5.41, 5.74) is 9.13. The van der Waals surface area contributed by atoms with Crippen LogP contribution in [0.5, 0.6) is 0 Å². The Bertz CT molecular complexity index is 1250. The van der Waals surface area contributed by atoms with E-state index in [4.69, 9.17) is 16.1 Å². The molecule has 1 aromatic heterocycles. The molecule has 5 rings (SSSR count). The lowest BCUT2D eigenvalue weighted by atomic mass is 9.85. The molecule has 6 nitrogen and oxygen atoms in total. The van der Waals surface area contributed by atoms with E-state index in [9.17, 15) is 4.79 Å². The molecule has 2 aromatic carbocycles. The van der Waals surface area contributed by atoms with Crippen molar-refractivity contribution in [3.63, 3.8) is 0 Å². The third-order valence-corrected chi connectivity index (χ3v) is 7.96. The number of nitrogens with zero attached hydrogens (tertiary/aromatic N) is 3. The molecule has 1 saturated heterocycles. The van der Waals surface area contributed by atoms with Crippen LogP contribution in [0.15, 0.2) is 53.3 Å². The van der Waals surface area contributed by atoms with E-state index >= 15 is 0 Å². The van der Waals surface area contributed by atoms with Gasteiger partial charge in [0, 0.05) is 35.3 Å². The van der Waals surface area contributed by atoms with Crippen molar-refractivity contribution in [3.8, 4) is 11.3 Å². The zero-order valence-electron chi connectivity index (χ0n) is 20.2. The molecule has 3 aromatic rings. The van der Waals surface area contributed by atoms with Crippen molar-refractivity contribution in [2.75, 3.05) is 0 Å². The molecule has 34 heavy (non-hydrogen) atoms. The van der Waals surface area contributed by atoms with Crippen molar-refractivity contribution in [3.05, 3.63) is 64.4 Å². The summed E-state index contributed by atoms with van der Waals surface area (Å²) in [6.45, 7) is 4.76. The van der Waals surface area contributed by atoms with Gasteiger partial charge in [0.25, 0.3) is 5.56 Å². The van der Waals surface area contributed by atoms with E-state index < -0.39 is 0 Å². The zero-order chi connectivity index (χ0) is 23.8. The molecule has 2 atom stereocenters. The number of rotatable bonds is 4. The Labute approximate surface area is 201 Å². The summed E-state index contributed by atoms with van der Waals surface area (Å²) in [5, 5.41) is 7.78. The Morgan fingerprint density at radius 3 is 2.32 bits per heavy atom. The third-order valence-electron chi connectivity index (χ3n) is 7.96. The number of para-hydroxylation sites is 2. The largest absolute Gasteiger partial charge is 0.384 e. The smallest absolute Gasteiger partial charge is 0.277 e. The first-order valence-electron chi connectivity index (χ1n) is 12.7. The molecule has 1 unspecified atom stereocenters. The number of benzene rings is 2. The lowest BCUT2D eigenvalue weighted by Gasteiger charge is -2.46. The van der Waals surface area contributed by atoms with E-state index in [0.29, 0.717) is 34.9 Å². The third kappa shape index (κ3) is 4.16. The quantitative estimate of drug-likeness (QED) is 0.422. The highest BCUT2D eigenvalue weighted by Crippen LogP contribution is 2.36. The molecule has 0 bridgehead atoms. The first-order valence-corrected chi connectivity index (χ1v) is 12.7. The van der Waals surface area contributed by atoms with E-state index in [0.717, 1.165) is 36.7 Å². The molecule has 6 heteroatoms. The van der Waals surface area contributed by atoms with Crippen molar-refractivity contribution in [1.29, 1.82) is 5.41 Å². The van der Waals surface area contributed by atoms with Crippen LogP contribution in [0.1, 0.15) is 70.4 Å². The fourth-order valence-electron chi connectivity index (χ4n) is 6.31. The monoisotopic (exact) mass is 457 g/mol. The number of hydrogen-bond acceptors (Lipinski definition) is 4. The molecular formula is C28H35N5O. The van der Waals surface area contributed by atoms with Crippen molar-refractivity contribution < 1.29 is 0 Å². The number of likely N-dealkylation sites (tertiary alicyclic amines) is 1. The second-order valence-electron chi connectivity index (χ2n) is 10.2. The van der Waals surface area contributed by atoms with Gasteiger partial charge in [-0.25, -0.2) is 4.98 Å². The Morgan fingerprint density at radius 2 is 1.62 bits per heavy atom. The summed E-state index contributed by atoms with van der Waals surface area (Å²) < 4.78 is 2.00. The highest BCUT2D eigenvalue weighted by molar-refractivity contribution is 5.96. The topological polar surface area (TPSA) is 88.0 Å². The van der Waals surface area contributed by atoms with Gasteiger partial charge in [0.05, 0.1) is 11.0 Å². The molecule has 0 amide bonds. The van der Waals surface area contributed by atoms with Gasteiger partial charge in [-0.1, -0.05) is 36.8 Å². The van der Waals surface area contributed by atoms with Crippen LogP contribution in [-0.2, 0) is 0 Å². The molecule has 3 N–H and O–H groups in total. The summed E-state index contributed by atoms with van der Waals surface area (Å²) >= 11 is 0. The number of aromatic nitrogens is 2. The van der Waals surface area contributed by atoms with Gasteiger partial charge >= 0.3 is 0 Å². The zero-order valence-corrected chi connectivity index (χ0v) is 20.2. The normalized spacial score (nSPS) is 25.9. The van der Waals surface area contributed by atoms with Crippen LogP contribution in [0.4, 0.5) is 0 Å². The summed E-state index contributed by atoms with van der Waals surface area (Å²) in [4.78, 5) is 21.4. The van der Waals surface area contributed by atoms with E-state index in [1.165, 1.54) is 19.3 Å². The van der Waals surface area contributed by atoms with Gasteiger partial charge < -0.3 is 10.3 Å². The number of nitrogen functional groups attached to an aromatic ring is 1. The summed E-state index contributed by atoms with van der Waals surface area (Å²) in [6, 6.07) is 17.3. The second-order valence-corrected chi connectivity index (χ2v) is 10.2. The molecule has 2 aliphatic rings.